The van der Waals surface area contributed by atoms with E-state index in [9.17, 15) is 4.79 Å². The van der Waals surface area contributed by atoms with Crippen LogP contribution in [0.15, 0.2) is 30.3 Å². The number of carbonyl (C=O) groups is 1. The van der Waals surface area contributed by atoms with Gasteiger partial charge in [-0.3, -0.25) is 9.89 Å². The molecule has 1 aliphatic heterocycles. The van der Waals surface area contributed by atoms with Gasteiger partial charge in [0.25, 0.3) is 5.91 Å². The monoisotopic (exact) mass is 330 g/mol. The first kappa shape index (κ1) is 16.6. The van der Waals surface area contributed by atoms with E-state index < -0.39 is 6.10 Å². The van der Waals surface area contributed by atoms with Crippen molar-refractivity contribution in [1.29, 1.82) is 0 Å². The molecule has 0 saturated carbocycles. The number of nitrogens with one attached hydrogen (secondary N) is 1. The number of rotatable bonds is 5. The van der Waals surface area contributed by atoms with Crippen molar-refractivity contribution in [1.82, 2.24) is 20.1 Å². The number of benzene rings is 1. The van der Waals surface area contributed by atoms with Crippen LogP contribution in [0.1, 0.15) is 36.3 Å². The van der Waals surface area contributed by atoms with E-state index >= 15 is 0 Å². The lowest BCUT2D eigenvalue weighted by Crippen LogP contribution is -2.45. The van der Waals surface area contributed by atoms with Crippen LogP contribution in [0.25, 0.3) is 0 Å². The van der Waals surface area contributed by atoms with E-state index in [1.54, 1.807) is 12.0 Å². The van der Waals surface area contributed by atoms with Gasteiger partial charge in [0.2, 0.25) is 0 Å². The van der Waals surface area contributed by atoms with Gasteiger partial charge in [-0.15, -0.1) is 0 Å². The van der Waals surface area contributed by atoms with Gasteiger partial charge in [0, 0.05) is 20.1 Å². The predicted molar refractivity (Wildman–Crippen MR) is 87.2 cm³/mol. The van der Waals surface area contributed by atoms with Crippen molar-refractivity contribution in [3.63, 3.8) is 0 Å². The Morgan fingerprint density at radius 1 is 1.46 bits per heavy atom. The highest BCUT2D eigenvalue weighted by atomic mass is 16.5. The number of aromatic amines is 1. The third-order valence-electron chi connectivity index (χ3n) is 4.11. The van der Waals surface area contributed by atoms with Crippen LogP contribution in [-0.4, -0.2) is 52.8 Å². The van der Waals surface area contributed by atoms with Gasteiger partial charge in [-0.1, -0.05) is 37.3 Å². The van der Waals surface area contributed by atoms with E-state index in [1.807, 2.05) is 37.3 Å². The zero-order valence-corrected chi connectivity index (χ0v) is 13.9. The Balaban J connectivity index is 1.72. The van der Waals surface area contributed by atoms with Crippen molar-refractivity contribution in [2.24, 2.45) is 0 Å². The summed E-state index contributed by atoms with van der Waals surface area (Å²) >= 11 is 0. The number of H-pyrrole nitrogens is 1. The first-order valence-electron chi connectivity index (χ1n) is 8.12. The van der Waals surface area contributed by atoms with Crippen LogP contribution in [-0.2, 0) is 20.7 Å². The van der Waals surface area contributed by atoms with Gasteiger partial charge in [0.1, 0.15) is 11.9 Å². The van der Waals surface area contributed by atoms with Crippen molar-refractivity contribution in [2.75, 3.05) is 26.8 Å². The van der Waals surface area contributed by atoms with Crippen molar-refractivity contribution in [2.45, 2.75) is 25.6 Å². The number of methoxy groups -OCH3 is 1. The molecule has 0 aliphatic carbocycles. The molecule has 128 valence electrons. The Bertz CT molecular complexity index is 673. The molecule has 1 fully saturated rings. The molecule has 3 rings (SSSR count). The molecular formula is C17H22N4O3. The third-order valence-corrected chi connectivity index (χ3v) is 4.11. The number of hydrogen-bond donors (Lipinski definition) is 1. The van der Waals surface area contributed by atoms with Gasteiger partial charge in [-0.25, -0.2) is 4.98 Å². The SMILES string of the molecule is CCc1nc([C@H]2CN(C(=O)[C@@H](OC)c3ccccc3)CCO2)n[nH]1. The molecule has 0 radical (unpaired) electrons. The fourth-order valence-electron chi connectivity index (χ4n) is 2.79. The number of hydrogen-bond acceptors (Lipinski definition) is 5. The van der Waals surface area contributed by atoms with Crippen molar-refractivity contribution in [3.05, 3.63) is 47.5 Å². The number of aromatic nitrogens is 3. The molecule has 7 heteroatoms. The van der Waals surface area contributed by atoms with E-state index in [1.165, 1.54) is 0 Å². The zero-order chi connectivity index (χ0) is 16.9. The average Bonchev–Trinajstić information content (AvgIpc) is 3.12. The quantitative estimate of drug-likeness (QED) is 0.902. The van der Waals surface area contributed by atoms with Crippen LogP contribution < -0.4 is 0 Å². The molecule has 2 heterocycles. The van der Waals surface area contributed by atoms with Gasteiger partial charge < -0.3 is 14.4 Å². The van der Waals surface area contributed by atoms with Crippen molar-refractivity contribution >= 4 is 5.91 Å². The zero-order valence-electron chi connectivity index (χ0n) is 13.9. The minimum absolute atomic E-state index is 0.0664. The Morgan fingerprint density at radius 3 is 2.92 bits per heavy atom. The number of amides is 1. The maximum absolute atomic E-state index is 12.9. The van der Waals surface area contributed by atoms with Crippen LogP contribution in [0.5, 0.6) is 0 Å². The molecule has 1 N–H and O–H groups in total. The number of ether oxygens (including phenoxy) is 2. The minimum atomic E-state index is -0.608. The molecule has 2 atom stereocenters. The second-order valence-corrected chi connectivity index (χ2v) is 5.66. The topological polar surface area (TPSA) is 80.3 Å². The van der Waals surface area contributed by atoms with E-state index in [0.29, 0.717) is 25.5 Å². The van der Waals surface area contributed by atoms with E-state index in [4.69, 9.17) is 9.47 Å². The first-order valence-corrected chi connectivity index (χ1v) is 8.12. The maximum Gasteiger partial charge on any atom is 0.256 e. The summed E-state index contributed by atoms with van der Waals surface area (Å²) in [6.07, 6.45) is -0.141. The highest BCUT2D eigenvalue weighted by Gasteiger charge is 2.32. The fourth-order valence-corrected chi connectivity index (χ4v) is 2.79. The predicted octanol–water partition coefficient (Wildman–Crippen LogP) is 1.65. The maximum atomic E-state index is 12.9. The summed E-state index contributed by atoms with van der Waals surface area (Å²) in [5, 5.41) is 7.08. The van der Waals surface area contributed by atoms with Gasteiger partial charge >= 0.3 is 0 Å². The smallest absolute Gasteiger partial charge is 0.256 e. The van der Waals surface area contributed by atoms with E-state index in [-0.39, 0.29) is 12.0 Å². The molecule has 2 aromatic rings. The van der Waals surface area contributed by atoms with Crippen LogP contribution in [0.4, 0.5) is 0 Å². The molecule has 0 spiro atoms. The van der Waals surface area contributed by atoms with E-state index in [0.717, 1.165) is 17.8 Å². The highest BCUT2D eigenvalue weighted by molar-refractivity contribution is 5.82. The molecule has 1 saturated heterocycles. The number of aryl methyl sites for hydroxylation is 1. The summed E-state index contributed by atoms with van der Waals surface area (Å²) in [6.45, 7) is 3.42. The number of nitrogens with zero attached hydrogens (tertiary/aromatic N) is 3. The summed E-state index contributed by atoms with van der Waals surface area (Å²) in [5.41, 5.74) is 0.846. The lowest BCUT2D eigenvalue weighted by atomic mass is 10.1. The van der Waals surface area contributed by atoms with Gasteiger partial charge in [0.05, 0.1) is 13.2 Å². The van der Waals surface area contributed by atoms with Crippen LogP contribution in [0.3, 0.4) is 0 Å². The van der Waals surface area contributed by atoms with Crippen LogP contribution in [0, 0.1) is 0 Å². The molecule has 1 aliphatic rings. The van der Waals surface area contributed by atoms with Gasteiger partial charge in [-0.05, 0) is 5.56 Å². The Morgan fingerprint density at radius 2 is 2.25 bits per heavy atom. The summed E-state index contributed by atoms with van der Waals surface area (Å²) in [7, 11) is 1.55. The van der Waals surface area contributed by atoms with Crippen molar-refractivity contribution < 1.29 is 14.3 Å². The molecular weight excluding hydrogens is 308 g/mol. The Hall–Kier alpha value is -2.25. The van der Waals surface area contributed by atoms with E-state index in [2.05, 4.69) is 15.2 Å². The number of morpholine rings is 1. The number of carbonyl (C=O) groups excluding carboxylic acids is 1. The lowest BCUT2D eigenvalue weighted by molar-refractivity contribution is -0.150. The normalized spacial score (nSPS) is 19.2. The largest absolute Gasteiger partial charge is 0.367 e. The molecule has 1 aromatic carbocycles. The summed E-state index contributed by atoms with van der Waals surface area (Å²) in [4.78, 5) is 19.0. The van der Waals surface area contributed by atoms with Crippen LogP contribution in [0.2, 0.25) is 0 Å². The first-order chi connectivity index (χ1) is 11.7. The molecule has 1 amide bonds. The summed E-state index contributed by atoms with van der Waals surface area (Å²) < 4.78 is 11.2. The third kappa shape index (κ3) is 3.47. The minimum Gasteiger partial charge on any atom is -0.367 e. The Labute approximate surface area is 141 Å². The average molecular weight is 330 g/mol. The molecule has 7 nitrogen and oxygen atoms in total. The highest BCUT2D eigenvalue weighted by Crippen LogP contribution is 2.24. The lowest BCUT2D eigenvalue weighted by Gasteiger charge is -2.33. The van der Waals surface area contributed by atoms with Crippen molar-refractivity contribution in [3.8, 4) is 0 Å². The summed E-state index contributed by atoms with van der Waals surface area (Å²) in [6, 6.07) is 9.51. The standard InChI is InChI=1S/C17H22N4O3/c1-3-14-18-16(20-19-14)13-11-21(9-10-24-13)17(22)15(23-2)12-7-5-4-6-8-12/h4-8,13,15H,3,9-11H2,1-2H3,(H,18,19,20)/t13-,15+/m1/s1. The fraction of sp³-hybridized carbons (Fsp3) is 0.471. The second-order valence-electron chi connectivity index (χ2n) is 5.66. The molecule has 0 unspecified atom stereocenters. The molecule has 0 bridgehead atoms. The Kier molecular flexibility index (Phi) is 5.22. The van der Waals surface area contributed by atoms with Crippen LogP contribution >= 0.6 is 0 Å². The second kappa shape index (κ2) is 7.55. The van der Waals surface area contributed by atoms with Gasteiger partial charge in [-0.2, -0.15) is 5.10 Å². The molecule has 24 heavy (non-hydrogen) atoms. The van der Waals surface area contributed by atoms with Gasteiger partial charge in [0.15, 0.2) is 11.9 Å². The summed E-state index contributed by atoms with van der Waals surface area (Å²) in [5.74, 6) is 1.34. The molecule has 1 aromatic heterocycles.